The zero-order valence-electron chi connectivity index (χ0n) is 23.2. The summed E-state index contributed by atoms with van der Waals surface area (Å²) in [5.41, 5.74) is 6.58. The van der Waals surface area contributed by atoms with Crippen molar-refractivity contribution in [3.63, 3.8) is 0 Å². The molecule has 0 aromatic carbocycles. The van der Waals surface area contributed by atoms with E-state index in [-0.39, 0.29) is 5.91 Å². The number of nitrogens with one attached hydrogen (secondary N) is 1. The Morgan fingerprint density at radius 3 is 2.31 bits per heavy atom. The van der Waals surface area contributed by atoms with E-state index in [0.29, 0.717) is 58.8 Å². The molecule has 0 atom stereocenters. The highest BCUT2D eigenvalue weighted by molar-refractivity contribution is 7.21. The normalized spacial score (nSPS) is 18.9. The highest BCUT2D eigenvalue weighted by Gasteiger charge is 2.29. The van der Waals surface area contributed by atoms with E-state index in [4.69, 9.17) is 33.9 Å². The van der Waals surface area contributed by atoms with Crippen molar-refractivity contribution >= 4 is 73.8 Å². The van der Waals surface area contributed by atoms with Crippen LogP contribution in [0.4, 0.5) is 20.7 Å². The molecule has 3 amide bonds. The van der Waals surface area contributed by atoms with Crippen LogP contribution in [0, 0.1) is 0 Å². The molecule has 0 spiro atoms. The molecule has 3 N–H and O–H groups in total. The first-order valence-corrected chi connectivity index (χ1v) is 16.8. The van der Waals surface area contributed by atoms with Crippen LogP contribution in [0.15, 0.2) is 23.7 Å². The topological polar surface area (TPSA) is 111 Å². The number of halogens is 2. The molecule has 1 aliphatic carbocycles. The summed E-state index contributed by atoms with van der Waals surface area (Å²) in [5, 5.41) is 7.50. The van der Waals surface area contributed by atoms with Crippen molar-refractivity contribution in [3.05, 3.63) is 39.3 Å². The number of urea groups is 1. The number of anilines is 3. The highest BCUT2D eigenvalue weighted by atomic mass is 35.5. The number of hydrogen-bond donors (Lipinski definition) is 2. The second-order valence-electron chi connectivity index (χ2n) is 10.9. The molecule has 3 aromatic heterocycles. The molecule has 0 radical (unpaired) electrons. The van der Waals surface area contributed by atoms with Gasteiger partial charge in [0.2, 0.25) is 0 Å². The van der Waals surface area contributed by atoms with Gasteiger partial charge in [0.05, 0.1) is 20.5 Å². The number of piperazine rings is 2. The number of carbonyl (C=O) groups is 2. The number of primary amides is 1. The average Bonchev–Trinajstić information content (AvgIpc) is 3.63. The van der Waals surface area contributed by atoms with Crippen LogP contribution in [0.2, 0.25) is 10.0 Å². The Kier molecular flexibility index (Phi) is 9.06. The van der Waals surface area contributed by atoms with Crippen molar-refractivity contribution in [2.75, 3.05) is 67.5 Å². The van der Waals surface area contributed by atoms with Gasteiger partial charge in [-0.25, -0.2) is 14.8 Å². The zero-order valence-corrected chi connectivity index (χ0v) is 26.4. The molecular weight excluding hydrogens is 615 g/mol. The largest absolute Gasteiger partial charge is 0.359 e. The van der Waals surface area contributed by atoms with Crippen LogP contribution >= 0.6 is 45.9 Å². The van der Waals surface area contributed by atoms with Gasteiger partial charge in [0.15, 0.2) is 5.13 Å². The number of thiazole rings is 1. The first-order chi connectivity index (χ1) is 20.4. The first kappa shape index (κ1) is 29.4. The van der Waals surface area contributed by atoms with E-state index in [1.807, 2.05) is 16.3 Å². The molecule has 0 bridgehead atoms. The third kappa shape index (κ3) is 6.47. The van der Waals surface area contributed by atoms with E-state index < -0.39 is 6.03 Å². The summed E-state index contributed by atoms with van der Waals surface area (Å²) in [5.74, 6) is 0.255. The Morgan fingerprint density at radius 2 is 1.67 bits per heavy atom. The van der Waals surface area contributed by atoms with Crippen LogP contribution in [-0.2, 0) is 0 Å². The highest BCUT2D eigenvalue weighted by Crippen LogP contribution is 2.42. The van der Waals surface area contributed by atoms with Crippen molar-refractivity contribution in [1.29, 1.82) is 0 Å². The van der Waals surface area contributed by atoms with E-state index >= 15 is 0 Å². The van der Waals surface area contributed by atoms with E-state index in [2.05, 4.69) is 20.1 Å². The summed E-state index contributed by atoms with van der Waals surface area (Å²) in [6.07, 6.45) is 8.17. The Hall–Kier alpha value is -2.64. The average molecular weight is 650 g/mol. The molecule has 6 rings (SSSR count). The lowest BCUT2D eigenvalue weighted by molar-refractivity contribution is 0.102. The fourth-order valence-electron chi connectivity index (χ4n) is 6.01. The lowest BCUT2D eigenvalue weighted by Crippen LogP contribution is -2.50. The molecule has 1 saturated carbocycles. The minimum atomic E-state index is -0.432. The molecule has 5 heterocycles. The van der Waals surface area contributed by atoms with Gasteiger partial charge < -0.3 is 20.4 Å². The molecule has 3 aliphatic rings. The first-order valence-electron chi connectivity index (χ1n) is 14.4. The summed E-state index contributed by atoms with van der Waals surface area (Å²) in [6, 6.07) is 3.83. The van der Waals surface area contributed by atoms with Gasteiger partial charge in [0.25, 0.3) is 5.91 Å². The summed E-state index contributed by atoms with van der Waals surface area (Å²) in [7, 11) is 0. The predicted molar refractivity (Wildman–Crippen MR) is 172 cm³/mol. The predicted octanol–water partition coefficient (Wildman–Crippen LogP) is 5.48. The second kappa shape index (κ2) is 12.9. The SMILES string of the molecule is NC(=O)N1CCN(c2ncc(C(=O)Nc3nc(-c4cc(Cl)cs4)c(N4CCN(C5CCCCC5)CC4)s3)cc2Cl)CC1. The Morgan fingerprint density at radius 1 is 0.952 bits per heavy atom. The maximum atomic E-state index is 13.3. The summed E-state index contributed by atoms with van der Waals surface area (Å²) >= 11 is 15.9. The van der Waals surface area contributed by atoms with Gasteiger partial charge >= 0.3 is 6.03 Å². The number of nitrogens with zero attached hydrogens (tertiary/aromatic N) is 6. The molecule has 14 heteroatoms. The molecular formula is C28H34Cl2N8O2S2. The second-order valence-corrected chi connectivity index (χ2v) is 13.6. The maximum absolute atomic E-state index is 13.3. The van der Waals surface area contributed by atoms with E-state index in [1.165, 1.54) is 49.6 Å². The quantitative estimate of drug-likeness (QED) is 0.364. The smallest absolute Gasteiger partial charge is 0.314 e. The minimum Gasteiger partial charge on any atom is -0.359 e. The van der Waals surface area contributed by atoms with E-state index in [0.717, 1.165) is 41.8 Å². The molecule has 10 nitrogen and oxygen atoms in total. The standard InChI is InChI=1S/C28H34Cl2N8O2S2/c29-19-15-22(41-17-19)23-26(37-10-6-35(7-11-37)20-4-2-1-3-5-20)42-28(33-23)34-25(39)18-14-21(30)24(32-16-18)36-8-12-38(13-9-36)27(31)40/h14-17,20H,1-13H2,(H2,31,40)(H,33,34,39). The monoisotopic (exact) mass is 648 g/mol. The van der Waals surface area contributed by atoms with Crippen LogP contribution in [0.3, 0.4) is 0 Å². The maximum Gasteiger partial charge on any atom is 0.314 e. The van der Waals surface area contributed by atoms with Crippen LogP contribution in [0.5, 0.6) is 0 Å². The molecule has 3 aromatic rings. The van der Waals surface area contributed by atoms with Gasteiger partial charge in [0.1, 0.15) is 16.5 Å². The Bertz CT molecular complexity index is 1430. The number of hydrogen-bond acceptors (Lipinski definition) is 9. The number of pyridine rings is 1. The number of nitrogens with two attached hydrogens (primary N) is 1. The summed E-state index contributed by atoms with van der Waals surface area (Å²) in [4.78, 5) is 43.6. The fraction of sp³-hybridized carbons (Fsp3) is 0.500. The van der Waals surface area contributed by atoms with Crippen LogP contribution in [-0.4, -0.2) is 90.1 Å². The van der Waals surface area contributed by atoms with Gasteiger partial charge in [-0.1, -0.05) is 53.8 Å². The number of aromatic nitrogens is 2. The van der Waals surface area contributed by atoms with Gasteiger partial charge in [-0.15, -0.1) is 11.3 Å². The number of thiophene rings is 1. The minimum absolute atomic E-state index is 0.326. The van der Waals surface area contributed by atoms with Crippen LogP contribution in [0.1, 0.15) is 42.5 Å². The van der Waals surface area contributed by atoms with Crippen molar-refractivity contribution in [1.82, 2.24) is 19.8 Å². The van der Waals surface area contributed by atoms with Gasteiger partial charge in [0, 0.05) is 70.0 Å². The molecule has 0 unspecified atom stereocenters. The molecule has 2 aliphatic heterocycles. The fourth-order valence-corrected chi connectivity index (χ4v) is 8.45. The Balaban J connectivity index is 1.16. The number of rotatable bonds is 6. The van der Waals surface area contributed by atoms with E-state index in [1.54, 1.807) is 22.3 Å². The lowest BCUT2D eigenvalue weighted by atomic mass is 9.94. The van der Waals surface area contributed by atoms with Crippen molar-refractivity contribution in [2.45, 2.75) is 38.1 Å². The van der Waals surface area contributed by atoms with Gasteiger partial charge in [-0.3, -0.25) is 15.0 Å². The summed E-state index contributed by atoms with van der Waals surface area (Å²) < 4.78 is 0. The number of amides is 3. The van der Waals surface area contributed by atoms with Gasteiger partial charge in [-0.2, -0.15) is 0 Å². The molecule has 2 saturated heterocycles. The zero-order chi connectivity index (χ0) is 29.2. The molecule has 3 fully saturated rings. The van der Waals surface area contributed by atoms with Crippen molar-refractivity contribution < 1.29 is 9.59 Å². The van der Waals surface area contributed by atoms with Crippen molar-refractivity contribution in [3.8, 4) is 10.6 Å². The van der Waals surface area contributed by atoms with Crippen LogP contribution in [0.25, 0.3) is 10.6 Å². The third-order valence-electron chi connectivity index (χ3n) is 8.30. The molecule has 224 valence electrons. The third-order valence-corrected chi connectivity index (χ3v) is 10.9. The van der Waals surface area contributed by atoms with Gasteiger partial charge in [-0.05, 0) is 25.0 Å². The Labute approximate surface area is 263 Å². The van der Waals surface area contributed by atoms with Crippen molar-refractivity contribution in [2.24, 2.45) is 5.73 Å². The van der Waals surface area contributed by atoms with Crippen LogP contribution < -0.4 is 20.9 Å². The van der Waals surface area contributed by atoms with E-state index in [9.17, 15) is 9.59 Å². The number of carbonyl (C=O) groups excluding carboxylic acids is 2. The summed E-state index contributed by atoms with van der Waals surface area (Å²) in [6.45, 7) is 6.03. The lowest BCUT2D eigenvalue weighted by Gasteiger charge is -2.41. The molecule has 42 heavy (non-hydrogen) atoms.